The van der Waals surface area contributed by atoms with E-state index in [4.69, 9.17) is 5.73 Å². The van der Waals surface area contributed by atoms with E-state index in [0.29, 0.717) is 5.41 Å². The Morgan fingerprint density at radius 1 is 0.933 bits per heavy atom. The predicted octanol–water partition coefficient (Wildman–Crippen LogP) is 2.50. The molecule has 2 fully saturated rings. The Labute approximate surface area is 92.0 Å². The first-order chi connectivity index (χ1) is 7.22. The maximum atomic E-state index is 11.1. The topological polar surface area (TPSA) is 46.3 Å². The van der Waals surface area contributed by atoms with Gasteiger partial charge in [-0.1, -0.05) is 19.3 Å². The molecule has 2 aliphatic rings. The number of carbonyl (C=O) groups is 1. The highest BCUT2D eigenvalue weighted by molar-refractivity contribution is 5.71. The van der Waals surface area contributed by atoms with Crippen LogP contribution in [0, 0.1) is 5.41 Å². The summed E-state index contributed by atoms with van der Waals surface area (Å²) in [6.45, 7) is 1.76. The van der Waals surface area contributed by atoms with Gasteiger partial charge in [0.1, 0.15) is 0 Å². The summed E-state index contributed by atoms with van der Waals surface area (Å²) in [7, 11) is 0. The van der Waals surface area contributed by atoms with Crippen molar-refractivity contribution in [2.75, 3.05) is 13.1 Å². The summed E-state index contributed by atoms with van der Waals surface area (Å²) in [4.78, 5) is 12.9. The van der Waals surface area contributed by atoms with Crippen LogP contribution in [0.3, 0.4) is 0 Å². The number of hydrogen-bond donors (Lipinski definition) is 1. The van der Waals surface area contributed by atoms with Crippen molar-refractivity contribution < 1.29 is 4.79 Å². The summed E-state index contributed by atoms with van der Waals surface area (Å²) in [5, 5.41) is 0. The van der Waals surface area contributed by atoms with Gasteiger partial charge in [-0.3, -0.25) is 0 Å². The van der Waals surface area contributed by atoms with Crippen LogP contribution in [0.5, 0.6) is 0 Å². The third kappa shape index (κ3) is 2.44. The standard InChI is InChI=1S/C12H22N2O/c13-11(15)14-9-4-7-12(8-10-14)5-2-1-3-6-12/h1-10H2,(H2,13,15). The summed E-state index contributed by atoms with van der Waals surface area (Å²) in [5.41, 5.74) is 5.90. The fourth-order valence-electron chi connectivity index (χ4n) is 3.28. The van der Waals surface area contributed by atoms with Crippen molar-refractivity contribution in [2.45, 2.75) is 51.4 Å². The van der Waals surface area contributed by atoms with Gasteiger partial charge in [0.15, 0.2) is 0 Å². The molecule has 0 aromatic rings. The Hall–Kier alpha value is -0.730. The number of nitrogens with two attached hydrogens (primary N) is 1. The minimum absolute atomic E-state index is 0.233. The minimum atomic E-state index is -0.233. The zero-order chi connectivity index (χ0) is 10.7. The predicted molar refractivity (Wildman–Crippen MR) is 60.5 cm³/mol. The van der Waals surface area contributed by atoms with E-state index in [1.54, 1.807) is 0 Å². The summed E-state index contributed by atoms with van der Waals surface area (Å²) >= 11 is 0. The summed E-state index contributed by atoms with van der Waals surface area (Å²) in [5.74, 6) is 0. The molecule has 0 aromatic carbocycles. The first-order valence-corrected chi connectivity index (χ1v) is 6.26. The van der Waals surface area contributed by atoms with Gasteiger partial charge in [0.25, 0.3) is 0 Å². The molecule has 1 aliphatic heterocycles. The normalized spacial score (nSPS) is 26.3. The maximum Gasteiger partial charge on any atom is 0.314 e. The zero-order valence-electron chi connectivity index (χ0n) is 9.50. The van der Waals surface area contributed by atoms with Crippen LogP contribution < -0.4 is 5.73 Å². The second-order valence-corrected chi connectivity index (χ2v) is 5.24. The fraction of sp³-hybridized carbons (Fsp3) is 0.917. The number of nitrogens with zero attached hydrogens (tertiary/aromatic N) is 1. The molecule has 0 atom stereocenters. The molecule has 1 saturated carbocycles. The van der Waals surface area contributed by atoms with Crippen molar-refractivity contribution in [1.29, 1.82) is 0 Å². The molecule has 86 valence electrons. The van der Waals surface area contributed by atoms with E-state index in [1.807, 2.05) is 4.90 Å². The number of carbonyl (C=O) groups excluding carboxylic acids is 1. The number of urea groups is 1. The fourth-order valence-corrected chi connectivity index (χ4v) is 3.28. The Morgan fingerprint density at radius 2 is 1.60 bits per heavy atom. The van der Waals surface area contributed by atoms with Gasteiger partial charge in [0.2, 0.25) is 0 Å². The maximum absolute atomic E-state index is 11.1. The Kier molecular flexibility index (Phi) is 3.17. The van der Waals surface area contributed by atoms with Gasteiger partial charge in [0.05, 0.1) is 0 Å². The van der Waals surface area contributed by atoms with Gasteiger partial charge in [-0.25, -0.2) is 4.79 Å². The van der Waals surface area contributed by atoms with Crippen LogP contribution in [0.15, 0.2) is 0 Å². The first-order valence-electron chi connectivity index (χ1n) is 6.26. The molecular formula is C12H22N2O. The highest BCUT2D eigenvalue weighted by Gasteiger charge is 2.34. The second kappa shape index (κ2) is 4.42. The van der Waals surface area contributed by atoms with Crippen molar-refractivity contribution in [3.63, 3.8) is 0 Å². The lowest BCUT2D eigenvalue weighted by Crippen LogP contribution is -2.37. The Bertz CT molecular complexity index is 234. The quantitative estimate of drug-likeness (QED) is 0.656. The SMILES string of the molecule is NC(=O)N1CCCC2(CCCCC2)CC1. The van der Waals surface area contributed by atoms with Gasteiger partial charge in [-0.05, 0) is 37.5 Å². The van der Waals surface area contributed by atoms with E-state index in [1.165, 1.54) is 44.9 Å². The van der Waals surface area contributed by atoms with Crippen LogP contribution in [0.2, 0.25) is 0 Å². The van der Waals surface area contributed by atoms with E-state index in [9.17, 15) is 4.79 Å². The molecule has 0 unspecified atom stereocenters. The van der Waals surface area contributed by atoms with Crippen molar-refractivity contribution in [1.82, 2.24) is 4.90 Å². The van der Waals surface area contributed by atoms with E-state index in [0.717, 1.165) is 19.5 Å². The smallest absolute Gasteiger partial charge is 0.314 e. The van der Waals surface area contributed by atoms with Gasteiger partial charge < -0.3 is 10.6 Å². The van der Waals surface area contributed by atoms with Crippen LogP contribution in [0.4, 0.5) is 4.79 Å². The number of rotatable bonds is 0. The Morgan fingerprint density at radius 3 is 2.27 bits per heavy atom. The van der Waals surface area contributed by atoms with Crippen LogP contribution in [-0.4, -0.2) is 24.0 Å². The molecule has 3 heteroatoms. The molecule has 1 aliphatic carbocycles. The molecule has 2 amide bonds. The van der Waals surface area contributed by atoms with Crippen LogP contribution in [0.1, 0.15) is 51.4 Å². The average molecular weight is 210 g/mol. The Balaban J connectivity index is 1.96. The molecular weight excluding hydrogens is 188 g/mol. The molecule has 1 spiro atoms. The van der Waals surface area contributed by atoms with Crippen LogP contribution in [0.25, 0.3) is 0 Å². The van der Waals surface area contributed by atoms with Gasteiger partial charge in [0, 0.05) is 13.1 Å². The van der Waals surface area contributed by atoms with Crippen LogP contribution in [-0.2, 0) is 0 Å². The zero-order valence-corrected chi connectivity index (χ0v) is 9.50. The first kappa shape index (κ1) is 10.8. The molecule has 0 bridgehead atoms. The largest absolute Gasteiger partial charge is 0.351 e. The van der Waals surface area contributed by atoms with E-state index < -0.39 is 0 Å². The molecule has 1 saturated heterocycles. The lowest BCUT2D eigenvalue weighted by atomic mass is 9.69. The van der Waals surface area contributed by atoms with Crippen molar-refractivity contribution >= 4 is 6.03 Å². The average Bonchev–Trinajstić information content (AvgIpc) is 2.43. The summed E-state index contributed by atoms with van der Waals surface area (Å²) in [6, 6.07) is -0.233. The van der Waals surface area contributed by atoms with E-state index >= 15 is 0 Å². The van der Waals surface area contributed by atoms with Crippen molar-refractivity contribution in [3.05, 3.63) is 0 Å². The number of hydrogen-bond acceptors (Lipinski definition) is 1. The van der Waals surface area contributed by atoms with Crippen molar-refractivity contribution in [3.8, 4) is 0 Å². The van der Waals surface area contributed by atoms with Gasteiger partial charge in [-0.2, -0.15) is 0 Å². The molecule has 1 heterocycles. The second-order valence-electron chi connectivity index (χ2n) is 5.24. The van der Waals surface area contributed by atoms with Crippen LogP contribution >= 0.6 is 0 Å². The van der Waals surface area contributed by atoms with Crippen molar-refractivity contribution in [2.24, 2.45) is 11.1 Å². The number of amides is 2. The lowest BCUT2D eigenvalue weighted by Gasteiger charge is -2.36. The molecule has 3 nitrogen and oxygen atoms in total. The lowest BCUT2D eigenvalue weighted by molar-refractivity contribution is 0.159. The monoisotopic (exact) mass is 210 g/mol. The highest BCUT2D eigenvalue weighted by Crippen LogP contribution is 2.44. The molecule has 0 radical (unpaired) electrons. The molecule has 0 aromatic heterocycles. The molecule has 2 N–H and O–H groups in total. The summed E-state index contributed by atoms with van der Waals surface area (Å²) < 4.78 is 0. The highest BCUT2D eigenvalue weighted by atomic mass is 16.2. The van der Waals surface area contributed by atoms with Gasteiger partial charge >= 0.3 is 6.03 Å². The third-order valence-corrected chi connectivity index (χ3v) is 4.27. The van der Waals surface area contributed by atoms with E-state index in [-0.39, 0.29) is 6.03 Å². The summed E-state index contributed by atoms with van der Waals surface area (Å²) in [6.07, 6.45) is 10.5. The molecule has 2 rings (SSSR count). The number of likely N-dealkylation sites (tertiary alicyclic amines) is 1. The number of primary amides is 1. The van der Waals surface area contributed by atoms with E-state index in [2.05, 4.69) is 0 Å². The molecule has 15 heavy (non-hydrogen) atoms. The van der Waals surface area contributed by atoms with Gasteiger partial charge in [-0.15, -0.1) is 0 Å². The third-order valence-electron chi connectivity index (χ3n) is 4.27. The minimum Gasteiger partial charge on any atom is -0.351 e.